The van der Waals surface area contributed by atoms with Crippen LogP contribution in [0.1, 0.15) is 103 Å². The largest absolute Gasteiger partial charge is 1.00 e. The summed E-state index contributed by atoms with van der Waals surface area (Å²) in [5, 5.41) is 277. The van der Waals surface area contributed by atoms with E-state index in [0.29, 0.717) is 0 Å². The Bertz CT molecular complexity index is 2470. The molecule has 0 bridgehead atoms. The maximum Gasteiger partial charge on any atom is 1.00 e. The Kier molecular flexibility index (Phi) is 66.4. The molecule has 0 aromatic heterocycles. The van der Waals surface area contributed by atoms with E-state index in [-0.39, 0.29) is 118 Å². The molecule has 0 aliphatic rings. The molecule has 0 aliphatic carbocycles. The fourth-order valence-electron chi connectivity index (χ4n) is 5.69. The number of hydrogen-bond donors (Lipinski definition) is 28. The van der Waals surface area contributed by atoms with Crippen LogP contribution in [0, 0.1) is 0 Å². The van der Waals surface area contributed by atoms with Gasteiger partial charge in [-0.15, -0.1) is 0 Å². The van der Waals surface area contributed by atoms with Gasteiger partial charge in [-0.3, -0.25) is 76.7 Å². The summed E-state index contributed by atoms with van der Waals surface area (Å²) in [4.78, 5) is 243. The van der Waals surface area contributed by atoms with Gasteiger partial charge in [-0.2, -0.15) is 0 Å². The second kappa shape index (κ2) is 57.1. The Balaban J connectivity index is -0.0000000970. The van der Waals surface area contributed by atoms with Crippen LogP contribution in [0.25, 0.3) is 0 Å². The van der Waals surface area contributed by atoms with Crippen molar-refractivity contribution in [3.63, 3.8) is 0 Å². The molecular formula is C48H60Na4O56. The van der Waals surface area contributed by atoms with Crippen molar-refractivity contribution in [2.24, 2.45) is 0 Å². The van der Waals surface area contributed by atoms with Crippen LogP contribution in [0.4, 0.5) is 0 Å². The Labute approximate surface area is 682 Å². The van der Waals surface area contributed by atoms with Gasteiger partial charge in [-0.05, 0) is 0 Å². The van der Waals surface area contributed by atoms with E-state index in [4.69, 9.17) is 143 Å². The molecule has 0 rings (SSSR count). The summed E-state index contributed by atoms with van der Waals surface area (Å²) in [6.45, 7) is 0. The zero-order chi connectivity index (χ0) is 85.2. The standard InChI is InChI=1S/8C6H8O7.4Na/c8*7-3(8)1-6(13,5(11)12)2-4(9)10;;;;/h8*13H,1-2H2,(H,7,8)(H,9,10)(H,11,12);;;;/q;;;;;;;;4*+1/p-4. The van der Waals surface area contributed by atoms with Gasteiger partial charge >= 0.3 is 238 Å². The van der Waals surface area contributed by atoms with Gasteiger partial charge in [0.1, 0.15) is 22.4 Å². The minimum Gasteiger partial charge on any atom is -0.547 e. The third-order valence-corrected chi connectivity index (χ3v) is 10.2. The second-order valence-corrected chi connectivity index (χ2v) is 19.8. The van der Waals surface area contributed by atoms with Gasteiger partial charge in [0.05, 0.1) is 127 Å². The van der Waals surface area contributed by atoms with Crippen molar-refractivity contribution < 1.29 is 397 Å². The molecule has 28 N–H and O–H groups in total. The Hall–Kier alpha value is -9.04. The van der Waals surface area contributed by atoms with Crippen molar-refractivity contribution in [1.29, 1.82) is 0 Å². The molecule has 0 aliphatic heterocycles. The Morgan fingerprint density at radius 3 is 0.241 bits per heavy atom. The quantitative estimate of drug-likeness (QED) is 0.0253. The van der Waals surface area contributed by atoms with E-state index in [0.717, 1.165) is 0 Å². The minimum atomic E-state index is -2.85. The molecule has 60 heteroatoms. The van der Waals surface area contributed by atoms with Crippen LogP contribution in [0.15, 0.2) is 0 Å². The van der Waals surface area contributed by atoms with Crippen LogP contribution in [0.5, 0.6) is 0 Å². The average Bonchev–Trinajstić information content (AvgIpc) is 0.933. The fourth-order valence-corrected chi connectivity index (χ4v) is 5.69. The van der Waals surface area contributed by atoms with Crippen molar-refractivity contribution in [3.8, 4) is 0 Å². The Morgan fingerprint density at radius 1 is 0.148 bits per heavy atom. The van der Waals surface area contributed by atoms with E-state index >= 15 is 0 Å². The van der Waals surface area contributed by atoms with E-state index in [2.05, 4.69) is 0 Å². The van der Waals surface area contributed by atoms with Gasteiger partial charge in [0.15, 0.2) is 22.4 Å². The summed E-state index contributed by atoms with van der Waals surface area (Å²) in [6.07, 6.45) is -18.8. The number of rotatable bonds is 40. The van der Waals surface area contributed by atoms with Crippen LogP contribution in [-0.2, 0) is 115 Å². The minimum absolute atomic E-state index is 0. The monoisotopic (exact) mass is 1620 g/mol. The SMILES string of the molecule is O=C(O)CC(O)(CC(=O)O)C(=O)O.O=C(O)CC(O)(CC(=O)O)C(=O)O.O=C(O)CC(O)(CC(=O)O)C(=O)O.O=C(O)CC(O)(CC(=O)O)C(=O)O.O=C(O)CC(O)(CC(=O)O)C(=O)[O-].O=C(O)CC(O)(CC(=O)O)C(=O)[O-].O=C(O)CC(O)(CC(=O)O)C(=O)[O-].O=C(O)CC(O)(CC(=O)O)C(=O)[O-].[Na+].[Na+].[Na+].[Na+]. The second-order valence-electron chi connectivity index (χ2n) is 19.8. The summed E-state index contributed by atoms with van der Waals surface area (Å²) in [6, 6.07) is 0. The van der Waals surface area contributed by atoms with Gasteiger partial charge in [0.2, 0.25) is 0 Å². The first kappa shape index (κ1) is 126. The molecular weight excluding hydrogens is 1560 g/mol. The van der Waals surface area contributed by atoms with Crippen LogP contribution >= 0.6 is 0 Å². The van der Waals surface area contributed by atoms with E-state index in [9.17, 15) is 135 Å². The maximum atomic E-state index is 10.3. The molecule has 0 aromatic rings. The number of hydrogen-bond acceptors (Lipinski definition) is 36. The third kappa shape index (κ3) is 63.1. The molecule has 0 radical (unpaired) electrons. The number of aliphatic hydroxyl groups is 8. The summed E-state index contributed by atoms with van der Waals surface area (Å²) < 4.78 is 0. The molecule has 108 heavy (non-hydrogen) atoms. The van der Waals surface area contributed by atoms with E-state index < -0.39 is 291 Å². The number of carboxylic acids is 24. The van der Waals surface area contributed by atoms with Gasteiger partial charge < -0.3 is 183 Å². The van der Waals surface area contributed by atoms with Crippen molar-refractivity contribution in [1.82, 2.24) is 0 Å². The molecule has 0 saturated carbocycles. The zero-order valence-corrected chi connectivity index (χ0v) is 63.3. The van der Waals surface area contributed by atoms with Crippen molar-refractivity contribution in [3.05, 3.63) is 0 Å². The van der Waals surface area contributed by atoms with Crippen LogP contribution in [0.2, 0.25) is 0 Å². The normalized spacial score (nSPS) is 10.4. The summed E-state index contributed by atoms with van der Waals surface area (Å²) in [5.74, 6) is -41.5. The predicted octanol–water partition coefficient (Wildman–Crippen LogP) is -27.3. The maximum absolute atomic E-state index is 10.3. The Morgan fingerprint density at radius 2 is 0.204 bits per heavy atom. The average molecular weight is 1620 g/mol. The van der Waals surface area contributed by atoms with Gasteiger partial charge in [0.25, 0.3) is 0 Å². The smallest absolute Gasteiger partial charge is 0.547 e. The van der Waals surface area contributed by atoms with Crippen molar-refractivity contribution >= 4 is 143 Å². The number of carboxylic acid groups (broad SMARTS) is 24. The van der Waals surface area contributed by atoms with E-state index in [1.54, 1.807) is 0 Å². The van der Waals surface area contributed by atoms with Gasteiger partial charge in [0, 0.05) is 0 Å². The molecule has 0 unspecified atom stereocenters. The molecule has 592 valence electrons. The molecule has 0 fully saturated rings. The number of aliphatic carboxylic acids is 24. The molecule has 0 aromatic carbocycles. The summed E-state index contributed by atoms with van der Waals surface area (Å²) >= 11 is 0. The van der Waals surface area contributed by atoms with Crippen molar-refractivity contribution in [2.45, 2.75) is 148 Å². The van der Waals surface area contributed by atoms with Crippen LogP contribution in [0.3, 0.4) is 0 Å². The van der Waals surface area contributed by atoms with Gasteiger partial charge in [-0.25, -0.2) is 19.2 Å². The molecule has 56 nitrogen and oxygen atoms in total. The first-order chi connectivity index (χ1) is 46.2. The van der Waals surface area contributed by atoms with Gasteiger partial charge in [-0.1, -0.05) is 0 Å². The zero-order valence-electron chi connectivity index (χ0n) is 55.3. The van der Waals surface area contributed by atoms with E-state index in [1.807, 2.05) is 0 Å². The predicted molar refractivity (Wildman–Crippen MR) is 286 cm³/mol. The summed E-state index contributed by atoms with van der Waals surface area (Å²) in [7, 11) is 0. The van der Waals surface area contributed by atoms with E-state index in [1.165, 1.54) is 0 Å². The molecule has 0 amide bonds. The number of carbonyl (C=O) groups excluding carboxylic acids is 4. The molecule has 0 saturated heterocycles. The first-order valence-corrected chi connectivity index (χ1v) is 25.3. The summed E-state index contributed by atoms with van der Waals surface area (Å²) in [5.41, 5.74) is -22.4. The van der Waals surface area contributed by atoms with Crippen molar-refractivity contribution in [2.75, 3.05) is 0 Å². The number of carbonyl (C=O) groups is 24. The topological polar surface area (TPSA) is 1070 Å². The fraction of sp³-hybridized carbons (Fsp3) is 0.500. The molecule has 0 heterocycles. The van der Waals surface area contributed by atoms with Crippen LogP contribution in [-0.4, -0.2) is 331 Å². The first-order valence-electron chi connectivity index (χ1n) is 25.3. The molecule has 0 atom stereocenters. The third-order valence-electron chi connectivity index (χ3n) is 10.2. The molecule has 0 spiro atoms. The van der Waals surface area contributed by atoms with Crippen LogP contribution < -0.4 is 139 Å².